The summed E-state index contributed by atoms with van der Waals surface area (Å²) in [4.78, 5) is 0. The second kappa shape index (κ2) is 4.88. The normalized spacial score (nSPS) is 10.7. The predicted octanol–water partition coefficient (Wildman–Crippen LogP) is 3.55. The van der Waals surface area contributed by atoms with E-state index in [1.165, 1.54) is 5.92 Å². The molecule has 0 nitrogen and oxygen atoms in total. The second-order valence-corrected chi connectivity index (χ2v) is 3.19. The second-order valence-electron chi connectivity index (χ2n) is 3.19. The van der Waals surface area contributed by atoms with Crippen molar-refractivity contribution in [2.75, 3.05) is 0 Å². The molecule has 0 aliphatic heterocycles. The van der Waals surface area contributed by atoms with Crippen LogP contribution < -0.4 is 0 Å². The van der Waals surface area contributed by atoms with Gasteiger partial charge < -0.3 is 0 Å². The minimum Gasteiger partial charge on any atom is -0.159 e. The van der Waals surface area contributed by atoms with Crippen LogP contribution in [0.4, 0.5) is 13.2 Å². The van der Waals surface area contributed by atoms with E-state index in [2.05, 4.69) is 12.8 Å². The van der Waals surface area contributed by atoms with Gasteiger partial charge in [0.05, 0.1) is 0 Å². The van der Waals surface area contributed by atoms with E-state index in [0.717, 1.165) is 18.4 Å². The smallest absolute Gasteiger partial charge is 0.159 e. The van der Waals surface area contributed by atoms with Crippen LogP contribution in [-0.4, -0.2) is 6.18 Å². The molecule has 0 aliphatic rings. The van der Waals surface area contributed by atoms with Gasteiger partial charge in [-0.2, -0.15) is 13.2 Å². The Morgan fingerprint density at radius 3 is 2.20 bits per heavy atom. The van der Waals surface area contributed by atoms with Gasteiger partial charge in [0.25, 0.3) is 0 Å². The summed E-state index contributed by atoms with van der Waals surface area (Å²) in [5, 5.41) is 0. The molecule has 3 heteroatoms. The number of hydrogen-bond donors (Lipinski definition) is 0. The maximum Gasteiger partial charge on any atom is 0.458 e. The number of halogens is 3. The van der Waals surface area contributed by atoms with Gasteiger partial charge in [0.2, 0.25) is 0 Å². The molecule has 0 heterocycles. The Kier molecular flexibility index (Phi) is 3.79. The summed E-state index contributed by atoms with van der Waals surface area (Å²) in [5.74, 6) is 3.32. The van der Waals surface area contributed by atoms with Crippen molar-refractivity contribution in [1.82, 2.24) is 0 Å². The third-order valence-corrected chi connectivity index (χ3v) is 1.84. The van der Waals surface area contributed by atoms with Crippen LogP contribution in [0.5, 0.6) is 0 Å². The van der Waals surface area contributed by atoms with Gasteiger partial charge in [-0.25, -0.2) is 0 Å². The molecule has 0 atom stereocenters. The molecule has 0 bridgehead atoms. The largest absolute Gasteiger partial charge is 0.458 e. The van der Waals surface area contributed by atoms with Crippen molar-refractivity contribution in [3.8, 4) is 11.8 Å². The molecule has 0 amide bonds. The van der Waals surface area contributed by atoms with E-state index in [1.807, 2.05) is 12.1 Å². The van der Waals surface area contributed by atoms with E-state index in [-0.39, 0.29) is 0 Å². The fourth-order valence-corrected chi connectivity index (χ4v) is 1.19. The maximum absolute atomic E-state index is 11.8. The van der Waals surface area contributed by atoms with Gasteiger partial charge in [-0.3, -0.25) is 0 Å². The number of alkyl halides is 3. The number of aryl methyl sites for hydroxylation is 1. The SMILES string of the molecule is CCCc1ccc(C#CC(F)(F)F)cc1. The number of rotatable bonds is 2. The molecule has 0 aromatic heterocycles. The summed E-state index contributed by atoms with van der Waals surface area (Å²) in [6, 6.07) is 6.85. The van der Waals surface area contributed by atoms with E-state index >= 15 is 0 Å². The lowest BCUT2D eigenvalue weighted by atomic mass is 10.1. The Morgan fingerprint density at radius 1 is 1.13 bits per heavy atom. The van der Waals surface area contributed by atoms with E-state index in [1.54, 1.807) is 12.1 Å². The molecule has 0 fully saturated rings. The quantitative estimate of drug-likeness (QED) is 0.657. The van der Waals surface area contributed by atoms with Crippen molar-refractivity contribution in [3.63, 3.8) is 0 Å². The van der Waals surface area contributed by atoms with Crippen LogP contribution in [0.15, 0.2) is 24.3 Å². The monoisotopic (exact) mass is 212 g/mol. The zero-order valence-electron chi connectivity index (χ0n) is 8.36. The molecular weight excluding hydrogens is 201 g/mol. The van der Waals surface area contributed by atoms with Crippen LogP contribution in [0.2, 0.25) is 0 Å². The predicted molar refractivity (Wildman–Crippen MR) is 53.4 cm³/mol. The van der Waals surface area contributed by atoms with Crippen LogP contribution in [0.25, 0.3) is 0 Å². The van der Waals surface area contributed by atoms with Crippen LogP contribution in [0.3, 0.4) is 0 Å². The molecule has 0 unspecified atom stereocenters. The van der Waals surface area contributed by atoms with E-state index in [9.17, 15) is 13.2 Å². The molecule has 0 aliphatic carbocycles. The maximum atomic E-state index is 11.8. The highest BCUT2D eigenvalue weighted by molar-refractivity contribution is 5.36. The lowest BCUT2D eigenvalue weighted by Gasteiger charge is -1.98. The highest BCUT2D eigenvalue weighted by Gasteiger charge is 2.22. The zero-order chi connectivity index (χ0) is 11.3. The lowest BCUT2D eigenvalue weighted by molar-refractivity contribution is -0.0696. The topological polar surface area (TPSA) is 0 Å². The zero-order valence-corrected chi connectivity index (χ0v) is 8.36. The summed E-state index contributed by atoms with van der Waals surface area (Å²) in [7, 11) is 0. The van der Waals surface area contributed by atoms with Gasteiger partial charge in [-0.05, 0) is 24.1 Å². The molecule has 1 rings (SSSR count). The van der Waals surface area contributed by atoms with Crippen molar-refractivity contribution >= 4 is 0 Å². The van der Waals surface area contributed by atoms with Crippen LogP contribution in [0.1, 0.15) is 24.5 Å². The summed E-state index contributed by atoms with van der Waals surface area (Å²) in [6.07, 6.45) is -2.46. The Hall–Kier alpha value is -1.43. The summed E-state index contributed by atoms with van der Waals surface area (Å²) >= 11 is 0. The highest BCUT2D eigenvalue weighted by Crippen LogP contribution is 2.13. The van der Waals surface area contributed by atoms with Crippen molar-refractivity contribution < 1.29 is 13.2 Å². The first-order valence-electron chi connectivity index (χ1n) is 4.70. The lowest BCUT2D eigenvalue weighted by Crippen LogP contribution is -2.01. The molecule has 1 aromatic rings. The number of hydrogen-bond acceptors (Lipinski definition) is 0. The van der Waals surface area contributed by atoms with E-state index in [4.69, 9.17) is 0 Å². The van der Waals surface area contributed by atoms with E-state index in [0.29, 0.717) is 5.56 Å². The first-order valence-corrected chi connectivity index (χ1v) is 4.70. The Morgan fingerprint density at radius 2 is 1.73 bits per heavy atom. The Balaban J connectivity index is 2.75. The first-order chi connectivity index (χ1) is 7.01. The summed E-state index contributed by atoms with van der Waals surface area (Å²) < 4.78 is 35.3. The fourth-order valence-electron chi connectivity index (χ4n) is 1.19. The van der Waals surface area contributed by atoms with Gasteiger partial charge in [0, 0.05) is 11.5 Å². The minimum atomic E-state index is -4.41. The molecule has 0 spiro atoms. The third kappa shape index (κ3) is 4.55. The Bertz CT molecular complexity index is 363. The molecule has 0 saturated heterocycles. The average molecular weight is 212 g/mol. The first kappa shape index (κ1) is 11.6. The van der Waals surface area contributed by atoms with Gasteiger partial charge in [-0.15, -0.1) is 0 Å². The van der Waals surface area contributed by atoms with Crippen molar-refractivity contribution in [2.45, 2.75) is 25.9 Å². The molecule has 0 N–H and O–H groups in total. The van der Waals surface area contributed by atoms with Crippen molar-refractivity contribution in [1.29, 1.82) is 0 Å². The highest BCUT2D eigenvalue weighted by atomic mass is 19.4. The molecular formula is C12H11F3. The average Bonchev–Trinajstić information content (AvgIpc) is 2.16. The van der Waals surface area contributed by atoms with E-state index < -0.39 is 6.18 Å². The minimum absolute atomic E-state index is 0.396. The standard InChI is InChI=1S/C12H11F3/c1-2-3-10-4-6-11(7-5-10)8-9-12(13,14)15/h4-7H,2-3H2,1H3. The summed E-state index contributed by atoms with van der Waals surface area (Å²) in [5.41, 5.74) is 1.52. The molecule has 80 valence electrons. The molecule has 15 heavy (non-hydrogen) atoms. The van der Waals surface area contributed by atoms with Crippen LogP contribution in [-0.2, 0) is 6.42 Å². The summed E-state index contributed by atoms with van der Waals surface area (Å²) in [6.45, 7) is 2.05. The molecule has 1 aromatic carbocycles. The molecule has 0 saturated carbocycles. The third-order valence-electron chi connectivity index (χ3n) is 1.84. The van der Waals surface area contributed by atoms with Gasteiger partial charge >= 0.3 is 6.18 Å². The van der Waals surface area contributed by atoms with Gasteiger partial charge in [0.1, 0.15) is 0 Å². The van der Waals surface area contributed by atoms with Gasteiger partial charge in [-0.1, -0.05) is 31.4 Å². The van der Waals surface area contributed by atoms with Crippen molar-refractivity contribution in [2.24, 2.45) is 0 Å². The van der Waals surface area contributed by atoms with Gasteiger partial charge in [0.15, 0.2) is 0 Å². The van der Waals surface area contributed by atoms with Crippen LogP contribution >= 0.6 is 0 Å². The molecule has 0 radical (unpaired) electrons. The number of benzene rings is 1. The van der Waals surface area contributed by atoms with Crippen molar-refractivity contribution in [3.05, 3.63) is 35.4 Å². The fraction of sp³-hybridized carbons (Fsp3) is 0.333. The van der Waals surface area contributed by atoms with Crippen LogP contribution in [0, 0.1) is 11.8 Å². The Labute approximate surface area is 87.1 Å².